The average molecular weight is 232 g/mol. The molecular weight excluding hydrogens is 208 g/mol. The van der Waals surface area contributed by atoms with E-state index in [1.54, 1.807) is 0 Å². The van der Waals surface area contributed by atoms with Crippen molar-refractivity contribution in [2.24, 2.45) is 5.92 Å². The molecule has 0 amide bonds. The third-order valence-electron chi connectivity index (χ3n) is 3.31. The second-order valence-corrected chi connectivity index (χ2v) is 5.57. The Hall–Kier alpha value is -1.02. The molecule has 0 aromatic heterocycles. The predicted octanol–water partition coefficient (Wildman–Crippen LogP) is 2.68. The molecule has 2 heteroatoms. The Morgan fingerprint density at radius 3 is 2.59 bits per heavy atom. The molecule has 1 heterocycles. The minimum absolute atomic E-state index is 0.596. The van der Waals surface area contributed by atoms with E-state index in [1.165, 1.54) is 17.7 Å². The molecule has 1 aromatic carbocycles. The zero-order chi connectivity index (χ0) is 12.3. The summed E-state index contributed by atoms with van der Waals surface area (Å²) < 4.78 is 0. The highest BCUT2D eigenvalue weighted by Gasteiger charge is 2.15. The molecule has 0 radical (unpaired) electrons. The van der Waals surface area contributed by atoms with Crippen molar-refractivity contribution >= 4 is 5.69 Å². The van der Waals surface area contributed by atoms with E-state index < -0.39 is 0 Å². The van der Waals surface area contributed by atoms with Crippen LogP contribution < -0.4 is 10.2 Å². The number of piperazine rings is 1. The van der Waals surface area contributed by atoms with Crippen molar-refractivity contribution in [1.29, 1.82) is 0 Å². The lowest BCUT2D eigenvalue weighted by Crippen LogP contribution is -2.49. The molecule has 1 aliphatic heterocycles. The van der Waals surface area contributed by atoms with E-state index in [9.17, 15) is 0 Å². The van der Waals surface area contributed by atoms with Crippen molar-refractivity contribution in [3.05, 3.63) is 29.8 Å². The first kappa shape index (κ1) is 12.4. The molecule has 2 nitrogen and oxygen atoms in total. The van der Waals surface area contributed by atoms with Gasteiger partial charge in [-0.3, -0.25) is 0 Å². The number of anilines is 1. The summed E-state index contributed by atoms with van der Waals surface area (Å²) >= 11 is 0. The van der Waals surface area contributed by atoms with Crippen LogP contribution in [0.15, 0.2) is 24.3 Å². The van der Waals surface area contributed by atoms with E-state index >= 15 is 0 Å². The van der Waals surface area contributed by atoms with Gasteiger partial charge in [-0.1, -0.05) is 26.0 Å². The first-order valence-corrected chi connectivity index (χ1v) is 6.72. The van der Waals surface area contributed by atoms with Gasteiger partial charge in [-0.2, -0.15) is 0 Å². The number of nitrogens with one attached hydrogen (secondary N) is 1. The van der Waals surface area contributed by atoms with E-state index in [-0.39, 0.29) is 0 Å². The van der Waals surface area contributed by atoms with Crippen LogP contribution >= 0.6 is 0 Å². The Balaban J connectivity index is 2.01. The zero-order valence-corrected chi connectivity index (χ0v) is 11.2. The molecule has 1 N–H and O–H groups in total. The molecule has 0 spiro atoms. The first-order chi connectivity index (χ1) is 8.15. The number of benzene rings is 1. The molecule has 1 saturated heterocycles. The van der Waals surface area contributed by atoms with Gasteiger partial charge in [0.15, 0.2) is 0 Å². The van der Waals surface area contributed by atoms with Gasteiger partial charge in [0.2, 0.25) is 0 Å². The van der Waals surface area contributed by atoms with Crippen molar-refractivity contribution in [2.45, 2.75) is 33.2 Å². The van der Waals surface area contributed by atoms with Crippen LogP contribution in [0.3, 0.4) is 0 Å². The topological polar surface area (TPSA) is 15.3 Å². The maximum absolute atomic E-state index is 3.48. The summed E-state index contributed by atoms with van der Waals surface area (Å²) in [5.41, 5.74) is 2.82. The van der Waals surface area contributed by atoms with Crippen LogP contribution in [0.2, 0.25) is 0 Å². The van der Waals surface area contributed by atoms with Crippen molar-refractivity contribution < 1.29 is 0 Å². The van der Waals surface area contributed by atoms with Gasteiger partial charge >= 0.3 is 0 Å². The Morgan fingerprint density at radius 2 is 2.00 bits per heavy atom. The Labute approximate surface area is 105 Å². The lowest BCUT2D eigenvalue weighted by Gasteiger charge is -2.33. The minimum atomic E-state index is 0.596. The van der Waals surface area contributed by atoms with E-state index in [0.717, 1.165) is 25.6 Å². The monoisotopic (exact) mass is 232 g/mol. The highest BCUT2D eigenvalue weighted by Crippen LogP contribution is 2.18. The molecule has 0 unspecified atom stereocenters. The molecular formula is C15H24N2. The lowest BCUT2D eigenvalue weighted by molar-refractivity contribution is 0.485. The van der Waals surface area contributed by atoms with Crippen molar-refractivity contribution in [3.63, 3.8) is 0 Å². The molecule has 0 aliphatic carbocycles. The molecule has 17 heavy (non-hydrogen) atoms. The van der Waals surface area contributed by atoms with E-state index in [2.05, 4.69) is 55.3 Å². The Kier molecular flexibility index (Phi) is 4.06. The smallest absolute Gasteiger partial charge is 0.0367 e. The Bertz CT molecular complexity index is 342. The fourth-order valence-corrected chi connectivity index (χ4v) is 2.48. The number of nitrogens with zero attached hydrogens (tertiary/aromatic N) is 1. The summed E-state index contributed by atoms with van der Waals surface area (Å²) in [5, 5.41) is 3.48. The van der Waals surface area contributed by atoms with Crippen LogP contribution in [0, 0.1) is 5.92 Å². The largest absolute Gasteiger partial charge is 0.369 e. The van der Waals surface area contributed by atoms with Crippen LogP contribution in [0.4, 0.5) is 5.69 Å². The molecule has 1 fully saturated rings. The minimum Gasteiger partial charge on any atom is -0.369 e. The highest BCUT2D eigenvalue weighted by atomic mass is 15.2. The molecule has 2 rings (SSSR count). The fourth-order valence-electron chi connectivity index (χ4n) is 2.48. The molecule has 1 atom stereocenters. The maximum atomic E-state index is 3.48. The van der Waals surface area contributed by atoms with Gasteiger partial charge in [-0.15, -0.1) is 0 Å². The van der Waals surface area contributed by atoms with Gasteiger partial charge in [0, 0.05) is 31.4 Å². The summed E-state index contributed by atoms with van der Waals surface area (Å²) in [6, 6.07) is 9.70. The molecule has 0 saturated carbocycles. The number of hydrogen-bond donors (Lipinski definition) is 1. The predicted molar refractivity (Wildman–Crippen MR) is 74.7 cm³/mol. The third kappa shape index (κ3) is 3.47. The molecule has 0 bridgehead atoms. The second-order valence-electron chi connectivity index (χ2n) is 5.57. The van der Waals surface area contributed by atoms with Gasteiger partial charge in [0.1, 0.15) is 0 Å². The summed E-state index contributed by atoms with van der Waals surface area (Å²) in [7, 11) is 0. The van der Waals surface area contributed by atoms with E-state index in [1.807, 2.05) is 0 Å². The van der Waals surface area contributed by atoms with Gasteiger partial charge in [0.05, 0.1) is 0 Å². The summed E-state index contributed by atoms with van der Waals surface area (Å²) in [4.78, 5) is 2.47. The molecule has 94 valence electrons. The van der Waals surface area contributed by atoms with Gasteiger partial charge < -0.3 is 10.2 Å². The van der Waals surface area contributed by atoms with Gasteiger partial charge in [-0.25, -0.2) is 0 Å². The van der Waals surface area contributed by atoms with E-state index in [0.29, 0.717) is 6.04 Å². The summed E-state index contributed by atoms with van der Waals surface area (Å²) in [6.07, 6.45) is 1.18. The third-order valence-corrected chi connectivity index (χ3v) is 3.31. The number of rotatable bonds is 3. The van der Waals surface area contributed by atoms with Crippen molar-refractivity contribution in [2.75, 3.05) is 24.5 Å². The van der Waals surface area contributed by atoms with Crippen molar-refractivity contribution in [1.82, 2.24) is 5.32 Å². The standard InChI is InChI=1S/C15H24N2/c1-12(2)10-14-4-6-15(7-5-14)17-9-8-16-13(3)11-17/h4-7,12-13,16H,8-11H2,1-3H3/t13-/m0/s1. The number of hydrogen-bond acceptors (Lipinski definition) is 2. The van der Waals surface area contributed by atoms with E-state index in [4.69, 9.17) is 0 Å². The van der Waals surface area contributed by atoms with Gasteiger partial charge in [0.25, 0.3) is 0 Å². The quantitative estimate of drug-likeness (QED) is 0.862. The van der Waals surface area contributed by atoms with Crippen LogP contribution in [-0.4, -0.2) is 25.7 Å². The van der Waals surface area contributed by atoms with Gasteiger partial charge in [-0.05, 0) is 37.0 Å². The normalized spacial score (nSPS) is 20.9. The SMILES string of the molecule is CC(C)Cc1ccc(N2CCN[C@@H](C)C2)cc1. The zero-order valence-electron chi connectivity index (χ0n) is 11.2. The fraction of sp³-hybridized carbons (Fsp3) is 0.600. The molecule has 1 aliphatic rings. The van der Waals surface area contributed by atoms with Crippen LogP contribution in [0.1, 0.15) is 26.3 Å². The van der Waals surface area contributed by atoms with Crippen LogP contribution in [0.25, 0.3) is 0 Å². The summed E-state index contributed by atoms with van der Waals surface area (Å²) in [5.74, 6) is 0.736. The maximum Gasteiger partial charge on any atom is 0.0367 e. The van der Waals surface area contributed by atoms with Crippen molar-refractivity contribution in [3.8, 4) is 0 Å². The van der Waals surface area contributed by atoms with Crippen LogP contribution in [-0.2, 0) is 6.42 Å². The molecule has 1 aromatic rings. The highest BCUT2D eigenvalue weighted by molar-refractivity contribution is 5.48. The second kappa shape index (κ2) is 5.54. The van der Waals surface area contributed by atoms with Crippen LogP contribution in [0.5, 0.6) is 0 Å². The summed E-state index contributed by atoms with van der Waals surface area (Å²) in [6.45, 7) is 10.1. The lowest BCUT2D eigenvalue weighted by atomic mass is 10.0. The Morgan fingerprint density at radius 1 is 1.29 bits per heavy atom. The first-order valence-electron chi connectivity index (χ1n) is 6.72. The average Bonchev–Trinajstić information content (AvgIpc) is 2.29.